The van der Waals surface area contributed by atoms with Gasteiger partial charge in [-0.2, -0.15) is 0 Å². The molecule has 0 saturated heterocycles. The summed E-state index contributed by atoms with van der Waals surface area (Å²) in [6.45, 7) is 6.57. The zero-order valence-electron chi connectivity index (χ0n) is 12.5. The Morgan fingerprint density at radius 3 is 2.67 bits per heavy atom. The van der Waals surface area contributed by atoms with Gasteiger partial charge in [0.05, 0.1) is 0 Å². The fraction of sp³-hybridized carbons (Fsp3) is 0.824. The minimum atomic E-state index is 0.472. The highest BCUT2D eigenvalue weighted by atomic mass is 16.1. The second kappa shape index (κ2) is 8.50. The van der Waals surface area contributed by atoms with E-state index in [0.717, 1.165) is 37.5 Å². The lowest BCUT2D eigenvalue weighted by Crippen LogP contribution is -2.15. The molecule has 104 valence electrons. The molecule has 1 aliphatic rings. The molecule has 1 nitrogen and oxygen atoms in total. The monoisotopic (exact) mass is 250 g/mol. The van der Waals surface area contributed by atoms with E-state index in [1.807, 2.05) is 0 Å². The van der Waals surface area contributed by atoms with Crippen molar-refractivity contribution in [1.29, 1.82) is 0 Å². The van der Waals surface area contributed by atoms with E-state index in [2.05, 4.69) is 26.8 Å². The summed E-state index contributed by atoms with van der Waals surface area (Å²) in [6, 6.07) is 0. The van der Waals surface area contributed by atoms with Gasteiger partial charge in [0.25, 0.3) is 0 Å². The van der Waals surface area contributed by atoms with E-state index >= 15 is 0 Å². The van der Waals surface area contributed by atoms with E-state index in [1.54, 1.807) is 0 Å². The van der Waals surface area contributed by atoms with Crippen molar-refractivity contribution in [3.8, 4) is 0 Å². The van der Waals surface area contributed by atoms with Gasteiger partial charge in [-0.3, -0.25) is 4.79 Å². The number of hydrogen-bond acceptors (Lipinski definition) is 1. The number of carbonyl (C=O) groups is 1. The summed E-state index contributed by atoms with van der Waals surface area (Å²) < 4.78 is 0. The fourth-order valence-corrected chi connectivity index (χ4v) is 3.04. The Morgan fingerprint density at radius 1 is 1.22 bits per heavy atom. The second-order valence-electron chi connectivity index (χ2n) is 5.99. The third-order valence-corrected chi connectivity index (χ3v) is 4.26. The lowest BCUT2D eigenvalue weighted by molar-refractivity contribution is -0.119. The molecule has 1 rings (SSSR count). The highest BCUT2D eigenvalue weighted by Crippen LogP contribution is 2.33. The van der Waals surface area contributed by atoms with Crippen LogP contribution >= 0.6 is 0 Å². The minimum Gasteiger partial charge on any atom is -0.300 e. The second-order valence-corrected chi connectivity index (χ2v) is 5.99. The van der Waals surface area contributed by atoms with Gasteiger partial charge in [0.2, 0.25) is 0 Å². The van der Waals surface area contributed by atoms with Gasteiger partial charge in [-0.1, -0.05) is 38.3 Å². The Hall–Kier alpha value is -0.590. The molecule has 2 atom stereocenters. The Balaban J connectivity index is 2.33. The standard InChI is InChI=1S/C17H30O/c1-4-7-17(18)11-10-15-8-6-9-16(13-15)12-14(3)5-2/h12,15-16H,4-11,13H2,1-3H3/b14-12-. The molecule has 18 heavy (non-hydrogen) atoms. The Labute approximate surface area is 113 Å². The molecule has 1 fully saturated rings. The van der Waals surface area contributed by atoms with Crippen molar-refractivity contribution in [2.24, 2.45) is 11.8 Å². The highest BCUT2D eigenvalue weighted by Gasteiger charge is 2.20. The third kappa shape index (κ3) is 5.84. The zero-order chi connectivity index (χ0) is 13.4. The normalized spacial score (nSPS) is 25.2. The van der Waals surface area contributed by atoms with Crippen molar-refractivity contribution in [3.63, 3.8) is 0 Å². The Morgan fingerprint density at radius 2 is 2.00 bits per heavy atom. The molecule has 0 aromatic rings. The van der Waals surface area contributed by atoms with Crippen LogP contribution in [-0.4, -0.2) is 5.78 Å². The first kappa shape index (κ1) is 15.5. The van der Waals surface area contributed by atoms with Crippen molar-refractivity contribution >= 4 is 5.78 Å². The average Bonchev–Trinajstić information content (AvgIpc) is 2.37. The predicted molar refractivity (Wildman–Crippen MR) is 78.6 cm³/mol. The van der Waals surface area contributed by atoms with Gasteiger partial charge < -0.3 is 0 Å². The topological polar surface area (TPSA) is 17.1 Å². The number of rotatable bonds is 7. The van der Waals surface area contributed by atoms with Gasteiger partial charge in [-0.25, -0.2) is 0 Å². The molecular weight excluding hydrogens is 220 g/mol. The Bertz CT molecular complexity index is 277. The van der Waals surface area contributed by atoms with E-state index < -0.39 is 0 Å². The van der Waals surface area contributed by atoms with E-state index in [9.17, 15) is 4.79 Å². The van der Waals surface area contributed by atoms with Crippen LogP contribution in [0.3, 0.4) is 0 Å². The van der Waals surface area contributed by atoms with Gasteiger partial charge in [0, 0.05) is 12.8 Å². The molecule has 0 bridgehead atoms. The van der Waals surface area contributed by atoms with Crippen LogP contribution < -0.4 is 0 Å². The van der Waals surface area contributed by atoms with Crippen LogP contribution in [0.5, 0.6) is 0 Å². The summed E-state index contributed by atoms with van der Waals surface area (Å²) in [7, 11) is 0. The molecule has 1 aliphatic carbocycles. The molecule has 0 aromatic carbocycles. The number of carbonyl (C=O) groups excluding carboxylic acids is 1. The summed E-state index contributed by atoms with van der Waals surface area (Å²) in [5.41, 5.74) is 1.53. The maximum absolute atomic E-state index is 11.6. The zero-order valence-corrected chi connectivity index (χ0v) is 12.5. The molecule has 0 spiro atoms. The molecule has 0 N–H and O–H groups in total. The first-order valence-corrected chi connectivity index (χ1v) is 7.84. The summed E-state index contributed by atoms with van der Waals surface area (Å²) in [5.74, 6) is 2.05. The molecule has 0 aromatic heterocycles. The van der Waals surface area contributed by atoms with Crippen molar-refractivity contribution in [3.05, 3.63) is 11.6 Å². The fourth-order valence-electron chi connectivity index (χ4n) is 3.04. The summed E-state index contributed by atoms with van der Waals surface area (Å²) >= 11 is 0. The van der Waals surface area contributed by atoms with Crippen molar-refractivity contribution in [2.75, 3.05) is 0 Å². The van der Waals surface area contributed by atoms with Gasteiger partial charge in [0.15, 0.2) is 0 Å². The molecule has 1 heteroatoms. The minimum absolute atomic E-state index is 0.472. The Kier molecular flexibility index (Phi) is 7.31. The highest BCUT2D eigenvalue weighted by molar-refractivity contribution is 5.78. The van der Waals surface area contributed by atoms with Crippen LogP contribution in [0.1, 0.15) is 78.6 Å². The van der Waals surface area contributed by atoms with Crippen LogP contribution in [0.15, 0.2) is 11.6 Å². The van der Waals surface area contributed by atoms with Crippen molar-refractivity contribution < 1.29 is 4.79 Å². The van der Waals surface area contributed by atoms with Crippen molar-refractivity contribution in [1.82, 2.24) is 0 Å². The van der Waals surface area contributed by atoms with Gasteiger partial charge >= 0.3 is 0 Å². The quantitative estimate of drug-likeness (QED) is 0.560. The summed E-state index contributed by atoms with van der Waals surface area (Å²) in [5, 5.41) is 0. The average molecular weight is 250 g/mol. The maximum atomic E-state index is 11.6. The lowest BCUT2D eigenvalue weighted by Gasteiger charge is -2.27. The van der Waals surface area contributed by atoms with Gasteiger partial charge in [-0.15, -0.1) is 0 Å². The molecule has 0 radical (unpaired) electrons. The molecule has 1 saturated carbocycles. The molecule has 0 heterocycles. The maximum Gasteiger partial charge on any atom is 0.132 e. The third-order valence-electron chi connectivity index (χ3n) is 4.26. The van der Waals surface area contributed by atoms with E-state index in [1.165, 1.54) is 37.7 Å². The lowest BCUT2D eigenvalue weighted by atomic mass is 9.78. The molecule has 0 aliphatic heterocycles. The van der Waals surface area contributed by atoms with Crippen LogP contribution in [-0.2, 0) is 4.79 Å². The van der Waals surface area contributed by atoms with Crippen LogP contribution in [0, 0.1) is 11.8 Å². The van der Waals surface area contributed by atoms with Crippen LogP contribution in [0.4, 0.5) is 0 Å². The first-order chi connectivity index (χ1) is 8.65. The van der Waals surface area contributed by atoms with E-state index in [4.69, 9.17) is 0 Å². The SMILES string of the molecule is CCCC(=O)CCC1CCCC(/C=C(/C)CC)C1. The number of ketones is 1. The van der Waals surface area contributed by atoms with Crippen LogP contribution in [0.25, 0.3) is 0 Å². The number of hydrogen-bond donors (Lipinski definition) is 0. The molecular formula is C17H30O. The smallest absolute Gasteiger partial charge is 0.132 e. The number of Topliss-reactive ketones (excluding diaryl/α,β-unsaturated/α-hetero) is 1. The van der Waals surface area contributed by atoms with Crippen LogP contribution in [0.2, 0.25) is 0 Å². The summed E-state index contributed by atoms with van der Waals surface area (Å²) in [6.07, 6.45) is 12.8. The van der Waals surface area contributed by atoms with Gasteiger partial charge in [-0.05, 0) is 50.9 Å². The van der Waals surface area contributed by atoms with Crippen molar-refractivity contribution in [2.45, 2.75) is 78.6 Å². The molecule has 0 amide bonds. The van der Waals surface area contributed by atoms with E-state index in [0.29, 0.717) is 5.78 Å². The molecule has 2 unspecified atom stereocenters. The largest absolute Gasteiger partial charge is 0.300 e. The first-order valence-electron chi connectivity index (χ1n) is 7.84. The predicted octanol–water partition coefficient (Wildman–Crippen LogP) is 5.30. The van der Waals surface area contributed by atoms with Gasteiger partial charge in [0.1, 0.15) is 5.78 Å². The van der Waals surface area contributed by atoms with E-state index in [-0.39, 0.29) is 0 Å². The number of allylic oxidation sites excluding steroid dienone is 2. The summed E-state index contributed by atoms with van der Waals surface area (Å²) in [4.78, 5) is 11.6.